The molecule has 0 aromatic rings. The normalized spacial score (nSPS) is 26.8. The summed E-state index contributed by atoms with van der Waals surface area (Å²) in [5, 5.41) is 17.7. The Kier molecular flexibility index (Phi) is 3.20. The molecule has 3 nitrogen and oxygen atoms in total. The van der Waals surface area contributed by atoms with Crippen LogP contribution in [-0.4, -0.2) is 33.8 Å². The zero-order valence-corrected chi connectivity index (χ0v) is 7.01. The highest BCUT2D eigenvalue weighted by molar-refractivity contribution is 7.99. The fraction of sp³-hybridized carbons (Fsp3) is 0.857. The number of hydrogen-bond acceptors (Lipinski definition) is 3. The SMILES string of the molecule is O=C(O)CC(O)C1CCSC1. The van der Waals surface area contributed by atoms with E-state index in [2.05, 4.69) is 0 Å². The third kappa shape index (κ3) is 2.71. The summed E-state index contributed by atoms with van der Waals surface area (Å²) in [6, 6.07) is 0. The van der Waals surface area contributed by atoms with Crippen molar-refractivity contribution in [3.8, 4) is 0 Å². The Balaban J connectivity index is 2.28. The Morgan fingerprint density at radius 2 is 2.45 bits per heavy atom. The van der Waals surface area contributed by atoms with Crippen LogP contribution in [0.1, 0.15) is 12.8 Å². The van der Waals surface area contributed by atoms with Crippen LogP contribution in [0.25, 0.3) is 0 Å². The van der Waals surface area contributed by atoms with Gasteiger partial charge in [-0.2, -0.15) is 11.8 Å². The molecule has 2 atom stereocenters. The number of aliphatic carboxylic acids is 1. The van der Waals surface area contributed by atoms with Gasteiger partial charge >= 0.3 is 5.97 Å². The summed E-state index contributed by atoms with van der Waals surface area (Å²) >= 11 is 1.78. The van der Waals surface area contributed by atoms with Crippen molar-refractivity contribution < 1.29 is 15.0 Å². The molecular weight excluding hydrogens is 164 g/mol. The predicted molar refractivity (Wildman–Crippen MR) is 43.7 cm³/mol. The summed E-state index contributed by atoms with van der Waals surface area (Å²) in [7, 11) is 0. The van der Waals surface area contributed by atoms with Gasteiger partial charge in [0.2, 0.25) is 0 Å². The number of thioether (sulfide) groups is 1. The van der Waals surface area contributed by atoms with Gasteiger partial charge in [0.15, 0.2) is 0 Å². The van der Waals surface area contributed by atoms with E-state index in [1.165, 1.54) is 0 Å². The van der Waals surface area contributed by atoms with Crippen LogP contribution in [0.2, 0.25) is 0 Å². The highest BCUT2D eigenvalue weighted by atomic mass is 32.2. The molecule has 1 heterocycles. The van der Waals surface area contributed by atoms with Gasteiger partial charge in [-0.25, -0.2) is 0 Å². The summed E-state index contributed by atoms with van der Waals surface area (Å²) in [6.07, 6.45) is 0.215. The number of aliphatic hydroxyl groups excluding tert-OH is 1. The molecule has 0 bridgehead atoms. The summed E-state index contributed by atoms with van der Waals surface area (Å²) in [6.45, 7) is 0. The molecule has 0 saturated carbocycles. The van der Waals surface area contributed by atoms with Crippen LogP contribution in [0.3, 0.4) is 0 Å². The van der Waals surface area contributed by atoms with Crippen molar-refractivity contribution in [1.82, 2.24) is 0 Å². The van der Waals surface area contributed by atoms with Crippen molar-refractivity contribution in [3.63, 3.8) is 0 Å². The first-order valence-electron chi connectivity index (χ1n) is 3.67. The van der Waals surface area contributed by atoms with Crippen LogP contribution in [0.4, 0.5) is 0 Å². The van der Waals surface area contributed by atoms with Gasteiger partial charge in [0.25, 0.3) is 0 Å². The van der Waals surface area contributed by atoms with E-state index in [9.17, 15) is 9.90 Å². The second kappa shape index (κ2) is 3.97. The standard InChI is InChI=1S/C7H12O3S/c8-6(3-7(9)10)5-1-2-11-4-5/h5-6,8H,1-4H2,(H,9,10). The zero-order chi connectivity index (χ0) is 8.27. The number of rotatable bonds is 3. The van der Waals surface area contributed by atoms with Crippen molar-refractivity contribution >= 4 is 17.7 Å². The van der Waals surface area contributed by atoms with Crippen LogP contribution in [0.15, 0.2) is 0 Å². The van der Waals surface area contributed by atoms with E-state index >= 15 is 0 Å². The smallest absolute Gasteiger partial charge is 0.305 e. The van der Waals surface area contributed by atoms with Gasteiger partial charge in [0, 0.05) is 0 Å². The van der Waals surface area contributed by atoms with Gasteiger partial charge in [-0.3, -0.25) is 4.79 Å². The summed E-state index contributed by atoms with van der Waals surface area (Å²) < 4.78 is 0. The highest BCUT2D eigenvalue weighted by Gasteiger charge is 2.25. The van der Waals surface area contributed by atoms with Gasteiger partial charge in [-0.1, -0.05) is 0 Å². The largest absolute Gasteiger partial charge is 0.481 e. The minimum Gasteiger partial charge on any atom is -0.481 e. The average Bonchev–Trinajstić information content (AvgIpc) is 2.35. The first-order valence-corrected chi connectivity index (χ1v) is 4.83. The molecule has 11 heavy (non-hydrogen) atoms. The Hall–Kier alpha value is -0.220. The molecule has 4 heteroatoms. The van der Waals surface area contributed by atoms with E-state index in [-0.39, 0.29) is 12.3 Å². The lowest BCUT2D eigenvalue weighted by molar-refractivity contribution is -0.139. The lowest BCUT2D eigenvalue weighted by Gasteiger charge is -2.13. The molecule has 1 fully saturated rings. The van der Waals surface area contributed by atoms with Gasteiger partial charge in [-0.05, 0) is 23.8 Å². The van der Waals surface area contributed by atoms with E-state index in [0.29, 0.717) is 0 Å². The molecule has 1 aliphatic heterocycles. The molecular formula is C7H12O3S. The first kappa shape index (κ1) is 8.87. The maximum absolute atomic E-state index is 10.2. The van der Waals surface area contributed by atoms with Gasteiger partial charge in [-0.15, -0.1) is 0 Å². The van der Waals surface area contributed by atoms with Gasteiger partial charge < -0.3 is 10.2 Å². The van der Waals surface area contributed by atoms with E-state index in [0.717, 1.165) is 17.9 Å². The van der Waals surface area contributed by atoms with Crippen LogP contribution < -0.4 is 0 Å². The maximum atomic E-state index is 10.2. The molecule has 1 rings (SSSR count). The lowest BCUT2D eigenvalue weighted by atomic mass is 10.00. The van der Waals surface area contributed by atoms with Crippen LogP contribution in [-0.2, 0) is 4.79 Å². The molecule has 0 radical (unpaired) electrons. The van der Waals surface area contributed by atoms with Gasteiger partial charge in [0.1, 0.15) is 0 Å². The van der Waals surface area contributed by atoms with Crippen molar-refractivity contribution in [2.45, 2.75) is 18.9 Å². The molecule has 2 unspecified atom stereocenters. The topological polar surface area (TPSA) is 57.5 Å². The first-order chi connectivity index (χ1) is 5.20. The van der Waals surface area contributed by atoms with Crippen LogP contribution in [0.5, 0.6) is 0 Å². The number of hydrogen-bond donors (Lipinski definition) is 2. The predicted octanol–water partition coefficient (Wildman–Crippen LogP) is 0.575. The molecule has 1 saturated heterocycles. The number of carboxylic acid groups (broad SMARTS) is 1. The van der Waals surface area contributed by atoms with Crippen molar-refractivity contribution in [1.29, 1.82) is 0 Å². The molecule has 0 spiro atoms. The van der Waals surface area contributed by atoms with E-state index in [1.54, 1.807) is 11.8 Å². The van der Waals surface area contributed by atoms with E-state index in [1.807, 2.05) is 0 Å². The molecule has 0 aromatic heterocycles. The second-order valence-corrected chi connectivity index (χ2v) is 3.94. The number of carboxylic acids is 1. The van der Waals surface area contributed by atoms with Crippen LogP contribution >= 0.6 is 11.8 Å². The highest BCUT2D eigenvalue weighted by Crippen LogP contribution is 2.27. The fourth-order valence-corrected chi connectivity index (χ4v) is 2.53. The molecule has 64 valence electrons. The molecule has 1 aliphatic rings. The summed E-state index contributed by atoms with van der Waals surface area (Å²) in [4.78, 5) is 10.2. The Bertz CT molecular complexity index is 143. The minimum atomic E-state index is -0.908. The van der Waals surface area contributed by atoms with Gasteiger partial charge in [0.05, 0.1) is 12.5 Å². The van der Waals surface area contributed by atoms with Crippen molar-refractivity contribution in [2.75, 3.05) is 11.5 Å². The Morgan fingerprint density at radius 1 is 1.73 bits per heavy atom. The van der Waals surface area contributed by atoms with E-state index < -0.39 is 12.1 Å². The monoisotopic (exact) mass is 176 g/mol. The third-order valence-electron chi connectivity index (χ3n) is 1.89. The van der Waals surface area contributed by atoms with E-state index in [4.69, 9.17) is 5.11 Å². The summed E-state index contributed by atoms with van der Waals surface area (Å²) in [5.41, 5.74) is 0. The Labute approximate surface area is 69.8 Å². The number of carbonyl (C=O) groups is 1. The Morgan fingerprint density at radius 3 is 2.91 bits per heavy atom. The lowest BCUT2D eigenvalue weighted by Crippen LogP contribution is -2.23. The number of aliphatic hydroxyl groups is 1. The molecule has 0 aromatic carbocycles. The molecule has 0 amide bonds. The van der Waals surface area contributed by atoms with Crippen LogP contribution in [0, 0.1) is 5.92 Å². The molecule has 2 N–H and O–H groups in total. The fourth-order valence-electron chi connectivity index (χ4n) is 1.20. The zero-order valence-electron chi connectivity index (χ0n) is 6.19. The third-order valence-corrected chi connectivity index (χ3v) is 3.08. The minimum absolute atomic E-state index is 0.106. The second-order valence-electron chi connectivity index (χ2n) is 2.79. The average molecular weight is 176 g/mol. The van der Waals surface area contributed by atoms with Crippen molar-refractivity contribution in [3.05, 3.63) is 0 Å². The van der Waals surface area contributed by atoms with Crippen molar-refractivity contribution in [2.24, 2.45) is 5.92 Å². The molecule has 0 aliphatic carbocycles. The summed E-state index contributed by atoms with van der Waals surface area (Å²) in [5.74, 6) is 1.26. The quantitative estimate of drug-likeness (QED) is 0.660. The maximum Gasteiger partial charge on any atom is 0.305 e.